The summed E-state index contributed by atoms with van der Waals surface area (Å²) in [5, 5.41) is 3.12. The molecular formula is C26H30F2N4O3. The van der Waals surface area contributed by atoms with Gasteiger partial charge in [0.15, 0.2) is 11.6 Å². The van der Waals surface area contributed by atoms with Gasteiger partial charge in [-0.15, -0.1) is 0 Å². The van der Waals surface area contributed by atoms with E-state index in [1.807, 2.05) is 12.1 Å². The number of alkyl halides is 1. The van der Waals surface area contributed by atoms with E-state index < -0.39 is 23.8 Å². The number of ketones is 1. The third kappa shape index (κ3) is 5.28. The normalized spacial score (nSPS) is 17.3. The Bertz CT molecular complexity index is 1280. The smallest absolute Gasteiger partial charge is 0.410 e. The number of ether oxygens (including phenoxy) is 1. The van der Waals surface area contributed by atoms with E-state index in [0.717, 1.165) is 0 Å². The van der Waals surface area contributed by atoms with E-state index in [-0.39, 0.29) is 23.7 Å². The number of aromatic nitrogens is 2. The summed E-state index contributed by atoms with van der Waals surface area (Å²) >= 11 is 0. The van der Waals surface area contributed by atoms with E-state index in [0.29, 0.717) is 41.2 Å². The first-order valence-electron chi connectivity index (χ1n) is 11.6. The predicted molar refractivity (Wildman–Crippen MR) is 130 cm³/mol. The first-order chi connectivity index (χ1) is 16.5. The molecule has 0 radical (unpaired) electrons. The molecule has 1 aromatic carbocycles. The quantitative estimate of drug-likeness (QED) is 0.463. The van der Waals surface area contributed by atoms with Crippen LogP contribution in [-0.4, -0.2) is 58.1 Å². The van der Waals surface area contributed by atoms with Crippen LogP contribution in [0.25, 0.3) is 16.8 Å². The average Bonchev–Trinajstić information content (AvgIpc) is 3.40. The molecular weight excluding hydrogens is 454 g/mol. The van der Waals surface area contributed by atoms with Gasteiger partial charge in [0, 0.05) is 26.3 Å². The maximum atomic E-state index is 14.1. The van der Waals surface area contributed by atoms with Crippen LogP contribution in [0.15, 0.2) is 36.5 Å². The van der Waals surface area contributed by atoms with Gasteiger partial charge in [-0.2, -0.15) is 0 Å². The molecule has 3 aromatic rings. The topological polar surface area (TPSA) is 75.9 Å². The minimum Gasteiger partial charge on any atom is -0.444 e. The van der Waals surface area contributed by atoms with Crippen molar-refractivity contribution in [3.8, 4) is 11.1 Å². The van der Waals surface area contributed by atoms with Crippen molar-refractivity contribution in [2.45, 2.75) is 45.9 Å². The summed E-state index contributed by atoms with van der Waals surface area (Å²) in [6, 6.07) is 8.40. The van der Waals surface area contributed by atoms with Crippen molar-refractivity contribution in [2.75, 3.05) is 25.5 Å². The maximum Gasteiger partial charge on any atom is 0.410 e. The molecule has 2 heterocycles. The molecule has 0 spiro atoms. The maximum absolute atomic E-state index is 14.1. The van der Waals surface area contributed by atoms with Gasteiger partial charge < -0.3 is 15.0 Å². The van der Waals surface area contributed by atoms with Gasteiger partial charge in [-0.25, -0.2) is 18.6 Å². The minimum absolute atomic E-state index is 0.190. The van der Waals surface area contributed by atoms with Crippen molar-refractivity contribution in [1.82, 2.24) is 14.3 Å². The molecule has 35 heavy (non-hydrogen) atoms. The van der Waals surface area contributed by atoms with Crippen LogP contribution >= 0.6 is 0 Å². The first kappa shape index (κ1) is 24.6. The number of Topliss-reactive ketones (excluding diaryl/α,β-unsaturated/α-hetero) is 1. The fourth-order valence-corrected chi connectivity index (χ4v) is 3.87. The van der Waals surface area contributed by atoms with Crippen molar-refractivity contribution >= 4 is 23.3 Å². The zero-order valence-corrected chi connectivity index (χ0v) is 20.6. The second kappa shape index (κ2) is 9.28. The molecule has 1 aliphatic carbocycles. The number of hydrogen-bond donors (Lipinski definition) is 1. The van der Waals surface area contributed by atoms with Gasteiger partial charge in [-0.05, 0) is 69.0 Å². The van der Waals surface area contributed by atoms with Crippen LogP contribution < -0.4 is 5.32 Å². The van der Waals surface area contributed by atoms with Crippen LogP contribution in [0.3, 0.4) is 0 Å². The number of likely N-dealkylation sites (N-methyl/N-ethyl adjacent to an activating group) is 1. The lowest BCUT2D eigenvalue weighted by Gasteiger charge is -2.24. The van der Waals surface area contributed by atoms with Crippen LogP contribution in [0, 0.1) is 18.7 Å². The van der Waals surface area contributed by atoms with Gasteiger partial charge in [0.1, 0.15) is 28.9 Å². The molecule has 1 fully saturated rings. The number of hydrogen-bond acceptors (Lipinski definition) is 5. The lowest BCUT2D eigenvalue weighted by Crippen LogP contribution is -2.36. The zero-order chi connectivity index (χ0) is 25.5. The van der Waals surface area contributed by atoms with Crippen molar-refractivity contribution in [2.24, 2.45) is 5.92 Å². The van der Waals surface area contributed by atoms with E-state index in [1.54, 1.807) is 57.5 Å². The Hall–Kier alpha value is -3.49. The molecule has 4 rings (SSSR count). The SMILES string of the molecule is Cc1c(F)cccc1-c1ccc2nc(NCCN(C)C(=O)OC(C)(C)C)c(C(=O)[C@@H]3C[C@@H]3F)n2c1. The molecule has 1 amide bonds. The van der Waals surface area contributed by atoms with E-state index >= 15 is 0 Å². The number of benzene rings is 1. The standard InChI is InChI=1S/C26H30F2N4O3/c1-15-17(7-6-8-19(15)27)16-9-10-21-30-24(22(32(21)14-16)23(33)18-13-20(18)28)29-11-12-31(5)25(34)35-26(2,3)4/h6-10,14,18,20,29H,11-13H2,1-5H3/t18-,20+/m1/s1. The van der Waals surface area contributed by atoms with E-state index in [4.69, 9.17) is 4.74 Å². The number of carbonyl (C=O) groups excluding carboxylic acids is 2. The van der Waals surface area contributed by atoms with Crippen LogP contribution in [-0.2, 0) is 4.74 Å². The highest BCUT2D eigenvalue weighted by Gasteiger charge is 2.45. The lowest BCUT2D eigenvalue weighted by atomic mass is 10.0. The summed E-state index contributed by atoms with van der Waals surface area (Å²) < 4.78 is 34.9. The van der Waals surface area contributed by atoms with Crippen molar-refractivity contribution in [3.05, 3.63) is 53.6 Å². The molecule has 7 nitrogen and oxygen atoms in total. The van der Waals surface area contributed by atoms with E-state index in [1.165, 1.54) is 11.0 Å². The molecule has 1 N–H and O–H groups in total. The molecule has 2 atom stereocenters. The molecule has 0 bridgehead atoms. The Labute approximate surface area is 203 Å². The molecule has 0 saturated heterocycles. The Morgan fingerprint density at radius 1 is 1.26 bits per heavy atom. The number of imidazole rings is 1. The van der Waals surface area contributed by atoms with Gasteiger partial charge in [0.25, 0.3) is 0 Å². The first-order valence-corrected chi connectivity index (χ1v) is 11.6. The third-order valence-corrected chi connectivity index (χ3v) is 5.92. The lowest BCUT2D eigenvalue weighted by molar-refractivity contribution is 0.0305. The summed E-state index contributed by atoms with van der Waals surface area (Å²) in [5.41, 5.74) is 2.05. The van der Waals surface area contributed by atoms with Crippen molar-refractivity contribution in [3.63, 3.8) is 0 Å². The third-order valence-electron chi connectivity index (χ3n) is 5.92. The Morgan fingerprint density at radius 2 is 1.97 bits per heavy atom. The van der Waals surface area contributed by atoms with Gasteiger partial charge in [0.05, 0.1) is 5.92 Å². The summed E-state index contributed by atoms with van der Waals surface area (Å²) in [4.78, 5) is 31.3. The summed E-state index contributed by atoms with van der Waals surface area (Å²) in [7, 11) is 1.62. The summed E-state index contributed by atoms with van der Waals surface area (Å²) in [6.07, 6.45) is 0.299. The van der Waals surface area contributed by atoms with E-state index in [2.05, 4.69) is 10.3 Å². The highest BCUT2D eigenvalue weighted by atomic mass is 19.1. The fraction of sp³-hybridized carbons (Fsp3) is 0.423. The van der Waals surface area contributed by atoms with E-state index in [9.17, 15) is 18.4 Å². The monoisotopic (exact) mass is 484 g/mol. The Morgan fingerprint density at radius 3 is 2.63 bits per heavy atom. The predicted octanol–water partition coefficient (Wildman–Crippen LogP) is 5.27. The number of nitrogens with zero attached hydrogens (tertiary/aromatic N) is 3. The molecule has 2 aromatic heterocycles. The number of halogens is 2. The van der Waals surface area contributed by atoms with Crippen LogP contribution in [0.4, 0.5) is 19.4 Å². The largest absolute Gasteiger partial charge is 0.444 e. The van der Waals surface area contributed by atoms with Crippen LogP contribution in [0.1, 0.15) is 43.2 Å². The van der Waals surface area contributed by atoms with Gasteiger partial charge >= 0.3 is 6.09 Å². The highest BCUT2D eigenvalue weighted by Crippen LogP contribution is 2.38. The second-order valence-electron chi connectivity index (χ2n) is 9.92. The van der Waals surface area contributed by atoms with Gasteiger partial charge in [-0.1, -0.05) is 12.1 Å². The summed E-state index contributed by atoms with van der Waals surface area (Å²) in [6.45, 7) is 7.68. The molecule has 9 heteroatoms. The van der Waals surface area contributed by atoms with Crippen LogP contribution in [0.2, 0.25) is 0 Å². The summed E-state index contributed by atoms with van der Waals surface area (Å²) in [5.74, 6) is -1.03. The highest BCUT2D eigenvalue weighted by molar-refractivity contribution is 6.03. The Kier molecular flexibility index (Phi) is 6.53. The fourth-order valence-electron chi connectivity index (χ4n) is 3.87. The number of carbonyl (C=O) groups is 2. The number of pyridine rings is 1. The molecule has 1 saturated carbocycles. The van der Waals surface area contributed by atoms with Crippen molar-refractivity contribution < 1.29 is 23.1 Å². The number of rotatable bonds is 7. The number of fused-ring (bicyclic) bond motifs is 1. The molecule has 186 valence electrons. The molecule has 1 aliphatic rings. The minimum atomic E-state index is -1.16. The number of anilines is 1. The van der Waals surface area contributed by atoms with Gasteiger partial charge in [-0.3, -0.25) is 9.20 Å². The zero-order valence-electron chi connectivity index (χ0n) is 20.6. The molecule has 0 unspecified atom stereocenters. The average molecular weight is 485 g/mol. The van der Waals surface area contributed by atoms with Crippen molar-refractivity contribution in [1.29, 1.82) is 0 Å². The number of amides is 1. The molecule has 0 aliphatic heterocycles. The van der Waals surface area contributed by atoms with Crippen LogP contribution in [0.5, 0.6) is 0 Å². The van der Waals surface area contributed by atoms with Gasteiger partial charge in [0.2, 0.25) is 0 Å². The Balaban J connectivity index is 1.62. The second-order valence-corrected chi connectivity index (χ2v) is 9.92. The number of nitrogens with one attached hydrogen (secondary N) is 1.